The van der Waals surface area contributed by atoms with Crippen LogP contribution in [0.1, 0.15) is 5.48 Å². The quantitative estimate of drug-likeness (QED) is 0.184. The summed E-state index contributed by atoms with van der Waals surface area (Å²) in [4.78, 5) is 15.2. The van der Waals surface area contributed by atoms with Gasteiger partial charge in [0.15, 0.2) is 11.6 Å². The summed E-state index contributed by atoms with van der Waals surface area (Å²) in [6, 6.07) is 47.9. The van der Waals surface area contributed by atoms with Crippen molar-refractivity contribution in [3.63, 3.8) is 0 Å². The summed E-state index contributed by atoms with van der Waals surface area (Å²) < 4.78 is 39.8. The molecular formula is C45H28N4S. The summed E-state index contributed by atoms with van der Waals surface area (Å²) in [6.07, 6.45) is 0. The molecule has 0 aliphatic carbocycles. The van der Waals surface area contributed by atoms with Crippen LogP contribution in [0.5, 0.6) is 0 Å². The van der Waals surface area contributed by atoms with E-state index in [2.05, 4.69) is 72.8 Å². The van der Waals surface area contributed by atoms with Gasteiger partial charge in [-0.1, -0.05) is 152 Å². The first-order chi connectivity index (χ1) is 26.4. The summed E-state index contributed by atoms with van der Waals surface area (Å²) in [7, 11) is 0. The Morgan fingerprint density at radius 1 is 0.460 bits per heavy atom. The smallest absolute Gasteiger partial charge is 0.238 e. The van der Waals surface area contributed by atoms with E-state index < -0.39 is 0 Å². The second-order valence-electron chi connectivity index (χ2n) is 12.2. The molecule has 234 valence electrons. The number of hydrogen-bond donors (Lipinski definition) is 0. The van der Waals surface area contributed by atoms with Crippen LogP contribution in [0.25, 0.3) is 93.0 Å². The van der Waals surface area contributed by atoms with Gasteiger partial charge in [-0.05, 0) is 34.9 Å². The van der Waals surface area contributed by atoms with E-state index in [0.717, 1.165) is 38.1 Å². The maximum absolute atomic E-state index is 9.24. The van der Waals surface area contributed by atoms with Crippen molar-refractivity contribution in [1.82, 2.24) is 19.5 Å². The van der Waals surface area contributed by atoms with Crippen molar-refractivity contribution in [3.8, 4) is 51.0 Å². The van der Waals surface area contributed by atoms with Gasteiger partial charge in [-0.2, -0.15) is 9.97 Å². The van der Waals surface area contributed by atoms with Crippen LogP contribution in [0.15, 0.2) is 170 Å². The van der Waals surface area contributed by atoms with E-state index in [4.69, 9.17) is 19.1 Å². The molecule has 0 saturated heterocycles. The first-order valence-electron chi connectivity index (χ1n) is 18.4. The number of para-hydroxylation sites is 2. The number of nitrogens with zero attached hydrogens (tertiary/aromatic N) is 4. The highest BCUT2D eigenvalue weighted by molar-refractivity contribution is 7.25. The van der Waals surface area contributed by atoms with E-state index in [9.17, 15) is 1.37 Å². The zero-order chi connectivity index (χ0) is 36.5. The maximum Gasteiger partial charge on any atom is 0.238 e. The summed E-state index contributed by atoms with van der Waals surface area (Å²) in [5.41, 5.74) is 6.56. The highest BCUT2D eigenvalue weighted by Crippen LogP contribution is 2.39. The van der Waals surface area contributed by atoms with Crippen molar-refractivity contribution in [1.29, 1.82) is 0 Å². The van der Waals surface area contributed by atoms with Crippen LogP contribution >= 0.6 is 11.3 Å². The van der Waals surface area contributed by atoms with Gasteiger partial charge in [0, 0.05) is 47.6 Å². The van der Waals surface area contributed by atoms with E-state index in [1.165, 1.54) is 15.5 Å². The molecule has 10 aromatic rings. The van der Waals surface area contributed by atoms with Gasteiger partial charge in [0.1, 0.15) is 0 Å². The van der Waals surface area contributed by atoms with Crippen molar-refractivity contribution in [2.45, 2.75) is 0 Å². The van der Waals surface area contributed by atoms with Gasteiger partial charge in [0.05, 0.1) is 16.5 Å². The summed E-state index contributed by atoms with van der Waals surface area (Å²) >= 11 is 1.72. The van der Waals surface area contributed by atoms with Crippen LogP contribution in [0, 0.1) is 0 Å². The lowest BCUT2D eigenvalue weighted by Crippen LogP contribution is -2.07. The Morgan fingerprint density at radius 2 is 1.08 bits per heavy atom. The predicted molar refractivity (Wildman–Crippen MR) is 209 cm³/mol. The fourth-order valence-electron chi connectivity index (χ4n) is 6.85. The van der Waals surface area contributed by atoms with Crippen LogP contribution in [0.3, 0.4) is 0 Å². The fourth-order valence-corrected chi connectivity index (χ4v) is 7.99. The SMILES string of the molecule is [2H]c1c([2H])c([2H])c2c(c1[2H])c1cccc(-c3ccc(-c4ccccc4)cc3)c1n2-c1nc(-c2ccccc2)nc(-c2ccc3c(c2)sc2ccccc23)n1. The molecule has 0 fully saturated rings. The first-order valence-corrected chi connectivity index (χ1v) is 17.2. The highest BCUT2D eigenvalue weighted by atomic mass is 32.1. The fraction of sp³-hybridized carbons (Fsp3) is 0. The molecule has 4 nitrogen and oxygen atoms in total. The van der Waals surface area contributed by atoms with Crippen molar-refractivity contribution in [3.05, 3.63) is 170 Å². The molecule has 10 rings (SSSR count). The normalized spacial score (nSPS) is 12.7. The molecule has 0 aliphatic heterocycles. The Bertz CT molecular complexity index is 3090. The molecule has 0 unspecified atom stereocenters. The third-order valence-corrected chi connectivity index (χ3v) is 10.3. The second kappa shape index (κ2) is 11.6. The molecule has 50 heavy (non-hydrogen) atoms. The molecule has 0 atom stereocenters. The number of fused-ring (bicyclic) bond motifs is 6. The third-order valence-electron chi connectivity index (χ3n) is 9.22. The predicted octanol–water partition coefficient (Wildman–Crippen LogP) is 12.0. The van der Waals surface area contributed by atoms with E-state index in [1.54, 1.807) is 15.9 Å². The molecule has 0 amide bonds. The van der Waals surface area contributed by atoms with E-state index in [-0.39, 0.29) is 30.1 Å². The number of thiophene rings is 1. The Hall–Kier alpha value is -6.43. The van der Waals surface area contributed by atoms with Crippen molar-refractivity contribution in [2.75, 3.05) is 0 Å². The first kappa shape index (κ1) is 24.7. The zero-order valence-electron chi connectivity index (χ0n) is 30.6. The molecule has 0 spiro atoms. The number of rotatable bonds is 5. The van der Waals surface area contributed by atoms with Gasteiger partial charge in [-0.15, -0.1) is 11.3 Å². The molecule has 0 bridgehead atoms. The third kappa shape index (κ3) is 4.71. The van der Waals surface area contributed by atoms with Crippen LogP contribution in [-0.4, -0.2) is 19.5 Å². The van der Waals surface area contributed by atoms with Gasteiger partial charge >= 0.3 is 0 Å². The van der Waals surface area contributed by atoms with E-state index in [0.29, 0.717) is 33.5 Å². The van der Waals surface area contributed by atoms with Crippen LogP contribution in [-0.2, 0) is 0 Å². The highest BCUT2D eigenvalue weighted by Gasteiger charge is 2.20. The monoisotopic (exact) mass is 660 g/mol. The molecule has 0 radical (unpaired) electrons. The van der Waals surface area contributed by atoms with Crippen LogP contribution in [0.2, 0.25) is 0 Å². The molecule has 3 aromatic heterocycles. The van der Waals surface area contributed by atoms with Gasteiger partial charge in [0.25, 0.3) is 0 Å². The minimum absolute atomic E-state index is 0.112. The maximum atomic E-state index is 9.24. The topological polar surface area (TPSA) is 43.6 Å². The van der Waals surface area contributed by atoms with Crippen molar-refractivity contribution >= 4 is 53.3 Å². The lowest BCUT2D eigenvalue weighted by atomic mass is 9.98. The van der Waals surface area contributed by atoms with E-state index >= 15 is 0 Å². The molecule has 3 heterocycles. The standard InChI is InChI=1S/C45H28N4S/c1-3-12-29(13-4-1)30-22-24-31(25-23-30)34-18-11-19-38-35-16-7-9-20-39(35)49(42(34)38)45-47-43(32-14-5-2-6-15-32)46-44(48-45)33-26-27-37-36-17-8-10-21-40(36)50-41(37)28-33/h1-28H/i7D,9D,16D,20D. The molecule has 7 aromatic carbocycles. The van der Waals surface area contributed by atoms with Gasteiger partial charge < -0.3 is 0 Å². The summed E-state index contributed by atoms with van der Waals surface area (Å²) in [5, 5.41) is 3.46. The van der Waals surface area contributed by atoms with E-state index in [1.807, 2.05) is 72.8 Å². The minimum Gasteiger partial charge on any atom is -0.277 e. The Morgan fingerprint density at radius 3 is 1.90 bits per heavy atom. The number of benzene rings is 7. The summed E-state index contributed by atoms with van der Waals surface area (Å²) in [6.45, 7) is 0. The molecule has 0 saturated carbocycles. The van der Waals surface area contributed by atoms with Gasteiger partial charge in [0.2, 0.25) is 5.95 Å². The van der Waals surface area contributed by atoms with Gasteiger partial charge in [-0.25, -0.2) is 4.98 Å². The molecule has 0 aliphatic rings. The lowest BCUT2D eigenvalue weighted by Gasteiger charge is -2.13. The molecule has 0 N–H and O–H groups in total. The second-order valence-corrected chi connectivity index (χ2v) is 13.2. The van der Waals surface area contributed by atoms with Crippen molar-refractivity contribution < 1.29 is 5.48 Å². The lowest BCUT2D eigenvalue weighted by molar-refractivity contribution is 0.954. The number of hydrogen-bond acceptors (Lipinski definition) is 4. The van der Waals surface area contributed by atoms with Crippen LogP contribution < -0.4 is 0 Å². The largest absolute Gasteiger partial charge is 0.277 e. The number of aromatic nitrogens is 4. The minimum atomic E-state index is -0.321. The Labute approximate surface area is 298 Å². The average Bonchev–Trinajstić information content (AvgIpc) is 3.79. The molecular weight excluding hydrogens is 629 g/mol. The Kier molecular flexibility index (Phi) is 5.73. The van der Waals surface area contributed by atoms with Crippen LogP contribution in [0.4, 0.5) is 0 Å². The Balaban J connectivity index is 1.28. The molecule has 5 heteroatoms. The summed E-state index contributed by atoms with van der Waals surface area (Å²) in [5.74, 6) is 1.17. The zero-order valence-corrected chi connectivity index (χ0v) is 27.4. The average molecular weight is 661 g/mol. The van der Waals surface area contributed by atoms with Gasteiger partial charge in [-0.3, -0.25) is 4.57 Å². The van der Waals surface area contributed by atoms with Crippen molar-refractivity contribution in [2.24, 2.45) is 0 Å².